The lowest BCUT2D eigenvalue weighted by atomic mass is 10.1. The highest BCUT2D eigenvalue weighted by molar-refractivity contribution is 7.92. The van der Waals surface area contributed by atoms with Gasteiger partial charge in [0.15, 0.2) is 0 Å². The normalized spacial score (nSPS) is 12.7. The molecule has 0 radical (unpaired) electrons. The Balaban J connectivity index is 2.48. The first-order chi connectivity index (χ1) is 16.1. The van der Waals surface area contributed by atoms with E-state index in [-0.39, 0.29) is 29.6 Å². The van der Waals surface area contributed by atoms with Crippen LogP contribution in [0.5, 0.6) is 0 Å². The van der Waals surface area contributed by atoms with Crippen LogP contribution in [0.1, 0.15) is 39.7 Å². The number of carbonyl (C=O) groups is 2. The Labute approximate surface area is 216 Å². The van der Waals surface area contributed by atoms with Crippen molar-refractivity contribution in [2.75, 3.05) is 17.1 Å². The van der Waals surface area contributed by atoms with E-state index < -0.39 is 39.9 Å². The molecule has 35 heavy (non-hydrogen) atoms. The first-order valence-electron chi connectivity index (χ1n) is 10.9. The van der Waals surface area contributed by atoms with Crippen LogP contribution in [0.2, 0.25) is 10.0 Å². The lowest BCUT2D eigenvalue weighted by molar-refractivity contribution is -0.141. The molecule has 0 aromatic heterocycles. The van der Waals surface area contributed by atoms with Gasteiger partial charge in [-0.3, -0.25) is 13.9 Å². The number of anilines is 1. The fraction of sp³-hybridized carbons (Fsp3) is 0.417. The van der Waals surface area contributed by atoms with Crippen LogP contribution in [0.15, 0.2) is 42.5 Å². The Morgan fingerprint density at radius 3 is 2.17 bits per heavy atom. The van der Waals surface area contributed by atoms with Crippen molar-refractivity contribution in [2.45, 2.75) is 52.2 Å². The summed E-state index contributed by atoms with van der Waals surface area (Å²) in [6.07, 6.45) is 1.23. The van der Waals surface area contributed by atoms with Crippen LogP contribution in [0.25, 0.3) is 0 Å². The number of hydrogen-bond acceptors (Lipinski definition) is 4. The molecule has 0 aliphatic heterocycles. The molecule has 2 amide bonds. The van der Waals surface area contributed by atoms with Crippen molar-refractivity contribution in [1.82, 2.24) is 10.2 Å². The quantitative estimate of drug-likeness (QED) is 0.498. The minimum absolute atomic E-state index is 0.0267. The highest BCUT2D eigenvalue weighted by atomic mass is 35.5. The molecule has 0 unspecified atom stereocenters. The minimum atomic E-state index is -3.93. The van der Waals surface area contributed by atoms with Crippen LogP contribution >= 0.6 is 23.2 Å². The molecule has 0 spiro atoms. The van der Waals surface area contributed by atoms with Gasteiger partial charge in [0, 0.05) is 17.1 Å². The summed E-state index contributed by atoms with van der Waals surface area (Å²) in [4.78, 5) is 28.0. The van der Waals surface area contributed by atoms with Crippen LogP contribution in [-0.2, 0) is 26.2 Å². The summed E-state index contributed by atoms with van der Waals surface area (Å²) in [7, 11) is -3.93. The van der Waals surface area contributed by atoms with Gasteiger partial charge in [-0.15, -0.1) is 0 Å². The first kappa shape index (κ1) is 28.9. The second-order valence-corrected chi connectivity index (χ2v) is 11.9. The number of carbonyl (C=O) groups excluding carboxylic acids is 2. The summed E-state index contributed by atoms with van der Waals surface area (Å²) < 4.78 is 39.6. The fourth-order valence-electron chi connectivity index (χ4n) is 3.44. The molecule has 192 valence electrons. The van der Waals surface area contributed by atoms with Gasteiger partial charge in [0.05, 0.1) is 17.0 Å². The summed E-state index contributed by atoms with van der Waals surface area (Å²) in [5, 5.41) is 3.23. The number of sulfonamides is 1. The second-order valence-electron chi connectivity index (χ2n) is 9.18. The van der Waals surface area contributed by atoms with Crippen molar-refractivity contribution in [3.63, 3.8) is 0 Å². The molecule has 2 aromatic rings. The summed E-state index contributed by atoms with van der Waals surface area (Å²) in [5.41, 5.74) is 0.114. The summed E-state index contributed by atoms with van der Waals surface area (Å²) >= 11 is 12.2. The number of halogens is 3. The molecule has 0 aliphatic rings. The third-order valence-corrected chi connectivity index (χ3v) is 6.67. The van der Waals surface area contributed by atoms with E-state index in [0.29, 0.717) is 10.6 Å². The molecule has 0 saturated heterocycles. The van der Waals surface area contributed by atoms with Crippen LogP contribution in [0.3, 0.4) is 0 Å². The van der Waals surface area contributed by atoms with Crippen molar-refractivity contribution in [2.24, 2.45) is 0 Å². The summed E-state index contributed by atoms with van der Waals surface area (Å²) in [5.74, 6) is -1.45. The number of amides is 2. The molecule has 11 heteroatoms. The minimum Gasteiger partial charge on any atom is -0.350 e. The van der Waals surface area contributed by atoms with E-state index in [2.05, 4.69) is 5.32 Å². The van der Waals surface area contributed by atoms with Gasteiger partial charge >= 0.3 is 0 Å². The molecule has 0 bridgehead atoms. The lowest BCUT2D eigenvalue weighted by Crippen LogP contribution is -2.55. The third kappa shape index (κ3) is 8.37. The summed E-state index contributed by atoms with van der Waals surface area (Å²) in [6.45, 7) is 6.58. The van der Waals surface area contributed by atoms with E-state index in [1.54, 1.807) is 6.92 Å². The van der Waals surface area contributed by atoms with Gasteiger partial charge < -0.3 is 10.2 Å². The molecule has 7 nitrogen and oxygen atoms in total. The van der Waals surface area contributed by atoms with E-state index in [4.69, 9.17) is 23.2 Å². The van der Waals surface area contributed by atoms with Gasteiger partial charge in [-0.05, 0) is 63.1 Å². The van der Waals surface area contributed by atoms with Gasteiger partial charge in [-0.1, -0.05) is 42.3 Å². The SMILES string of the molecule is CC[C@H](C(=O)NC(C)(C)C)N(Cc1ccc(F)cc1)C(=O)CN(c1ccc(Cl)cc1Cl)S(C)(=O)=O. The van der Waals surface area contributed by atoms with Gasteiger partial charge in [-0.2, -0.15) is 0 Å². The number of benzene rings is 2. The van der Waals surface area contributed by atoms with Gasteiger partial charge in [0.2, 0.25) is 21.8 Å². The lowest BCUT2D eigenvalue weighted by Gasteiger charge is -2.34. The Morgan fingerprint density at radius 2 is 1.69 bits per heavy atom. The Hall–Kier alpha value is -2.36. The zero-order valence-corrected chi connectivity index (χ0v) is 22.6. The topological polar surface area (TPSA) is 86.8 Å². The fourth-order valence-corrected chi connectivity index (χ4v) is 4.86. The smallest absolute Gasteiger partial charge is 0.244 e. The number of nitrogens with zero attached hydrogens (tertiary/aromatic N) is 2. The standard InChI is InChI=1S/C24H30Cl2FN3O4S/c1-6-20(23(32)28-24(2,3)4)29(14-16-7-10-18(27)11-8-16)22(31)15-30(35(5,33)34)21-12-9-17(25)13-19(21)26/h7-13,20H,6,14-15H2,1-5H3,(H,28,32)/t20-/m1/s1. The second kappa shape index (κ2) is 11.6. The van der Waals surface area contributed by atoms with E-state index in [9.17, 15) is 22.4 Å². The highest BCUT2D eigenvalue weighted by Gasteiger charge is 2.33. The van der Waals surface area contributed by atoms with Crippen LogP contribution in [0.4, 0.5) is 10.1 Å². The first-order valence-corrected chi connectivity index (χ1v) is 13.5. The Morgan fingerprint density at radius 1 is 1.09 bits per heavy atom. The molecule has 1 atom stereocenters. The van der Waals surface area contributed by atoms with Crippen LogP contribution < -0.4 is 9.62 Å². The maximum absolute atomic E-state index is 13.6. The average Bonchev–Trinajstić information content (AvgIpc) is 2.71. The van der Waals surface area contributed by atoms with Crippen molar-refractivity contribution in [3.8, 4) is 0 Å². The van der Waals surface area contributed by atoms with E-state index >= 15 is 0 Å². The molecule has 0 saturated carbocycles. The third-order valence-electron chi connectivity index (χ3n) is 5.01. The average molecular weight is 546 g/mol. The van der Waals surface area contributed by atoms with Crippen LogP contribution in [0, 0.1) is 5.82 Å². The van der Waals surface area contributed by atoms with E-state index in [1.807, 2.05) is 20.8 Å². The van der Waals surface area contributed by atoms with Gasteiger partial charge in [0.1, 0.15) is 18.4 Å². The van der Waals surface area contributed by atoms with Crippen molar-refractivity contribution >= 4 is 50.7 Å². The molecule has 1 N–H and O–H groups in total. The molecule has 2 rings (SSSR count). The number of nitrogens with one attached hydrogen (secondary N) is 1. The Kier molecular flexibility index (Phi) is 9.56. The molecular formula is C24H30Cl2FN3O4S. The van der Waals surface area contributed by atoms with Crippen molar-refractivity contribution < 1.29 is 22.4 Å². The van der Waals surface area contributed by atoms with Gasteiger partial charge in [-0.25, -0.2) is 12.8 Å². The maximum atomic E-state index is 13.6. The predicted molar refractivity (Wildman–Crippen MR) is 138 cm³/mol. The molecular weight excluding hydrogens is 516 g/mol. The van der Waals surface area contributed by atoms with Gasteiger partial charge in [0.25, 0.3) is 0 Å². The van der Waals surface area contributed by atoms with E-state index in [1.165, 1.54) is 47.4 Å². The van der Waals surface area contributed by atoms with Crippen molar-refractivity contribution in [3.05, 3.63) is 63.9 Å². The van der Waals surface area contributed by atoms with Crippen molar-refractivity contribution in [1.29, 1.82) is 0 Å². The predicted octanol–water partition coefficient (Wildman–Crippen LogP) is 4.62. The monoisotopic (exact) mass is 545 g/mol. The largest absolute Gasteiger partial charge is 0.350 e. The maximum Gasteiger partial charge on any atom is 0.244 e. The highest BCUT2D eigenvalue weighted by Crippen LogP contribution is 2.30. The molecule has 0 fully saturated rings. The number of hydrogen-bond donors (Lipinski definition) is 1. The zero-order chi connectivity index (χ0) is 26.6. The van der Waals surface area contributed by atoms with E-state index in [0.717, 1.165) is 10.6 Å². The number of rotatable bonds is 9. The molecule has 2 aromatic carbocycles. The Bertz CT molecular complexity index is 1170. The summed E-state index contributed by atoms with van der Waals surface area (Å²) in [6, 6.07) is 8.88. The molecule has 0 heterocycles. The van der Waals surface area contributed by atoms with Crippen LogP contribution in [-0.4, -0.2) is 49.5 Å². The molecule has 0 aliphatic carbocycles. The zero-order valence-electron chi connectivity index (χ0n) is 20.3.